The molecule has 0 heterocycles. The molecule has 22 heavy (non-hydrogen) atoms. The second kappa shape index (κ2) is 7.60. The van der Waals surface area contributed by atoms with E-state index in [9.17, 15) is 4.79 Å². The summed E-state index contributed by atoms with van der Waals surface area (Å²) in [6.07, 6.45) is 0. The molecule has 0 aliphatic rings. The zero-order valence-corrected chi connectivity index (χ0v) is 13.0. The third-order valence-corrected chi connectivity index (χ3v) is 3.58. The third-order valence-electron chi connectivity index (χ3n) is 3.33. The Hall–Kier alpha value is -2.35. The zero-order chi connectivity index (χ0) is 15.9. The van der Waals surface area contributed by atoms with Gasteiger partial charge in [0, 0.05) is 16.3 Å². The lowest BCUT2D eigenvalue weighted by Gasteiger charge is -2.11. The summed E-state index contributed by atoms with van der Waals surface area (Å²) in [6, 6.07) is 16.7. The average molecular weight is 315 g/mol. The Labute approximate surface area is 134 Å². The molecule has 2 aromatic rings. The molecule has 112 valence electrons. The largest absolute Gasteiger partial charge is 0.333 e. The Morgan fingerprint density at radius 1 is 1.32 bits per heavy atom. The van der Waals surface area contributed by atoms with Gasteiger partial charge in [-0.1, -0.05) is 29.8 Å². The lowest BCUT2D eigenvalue weighted by molar-refractivity contribution is -0.682. The highest BCUT2D eigenvalue weighted by molar-refractivity contribution is 6.30. The molecule has 5 heteroatoms. The molecule has 0 aliphatic heterocycles. The summed E-state index contributed by atoms with van der Waals surface area (Å²) in [5.74, 6) is -0.101. The number of rotatable bonds is 5. The Bertz CT molecular complexity index is 692. The van der Waals surface area contributed by atoms with Crippen molar-refractivity contribution in [2.45, 2.75) is 13.0 Å². The lowest BCUT2D eigenvalue weighted by atomic mass is 10.1. The molecule has 0 spiro atoms. The third kappa shape index (κ3) is 4.59. The fourth-order valence-electron chi connectivity index (χ4n) is 2.06. The fourth-order valence-corrected chi connectivity index (χ4v) is 2.19. The molecule has 0 aromatic heterocycles. The van der Waals surface area contributed by atoms with Crippen LogP contribution in [-0.4, -0.2) is 12.5 Å². The molecule has 0 saturated carbocycles. The Morgan fingerprint density at radius 2 is 2.05 bits per heavy atom. The van der Waals surface area contributed by atoms with Crippen LogP contribution in [0.2, 0.25) is 5.02 Å². The van der Waals surface area contributed by atoms with Crippen molar-refractivity contribution >= 4 is 23.2 Å². The first kappa shape index (κ1) is 16.0. The van der Waals surface area contributed by atoms with Gasteiger partial charge in [-0.2, -0.15) is 5.26 Å². The Morgan fingerprint density at radius 3 is 2.73 bits per heavy atom. The van der Waals surface area contributed by atoms with Crippen LogP contribution in [0.1, 0.15) is 24.1 Å². The average Bonchev–Trinajstić information content (AvgIpc) is 2.53. The van der Waals surface area contributed by atoms with Crippen LogP contribution in [0.4, 0.5) is 5.69 Å². The van der Waals surface area contributed by atoms with Crippen LogP contribution >= 0.6 is 11.6 Å². The summed E-state index contributed by atoms with van der Waals surface area (Å²) >= 11 is 5.86. The number of anilines is 1. The molecule has 3 N–H and O–H groups in total. The van der Waals surface area contributed by atoms with E-state index in [-0.39, 0.29) is 11.9 Å². The van der Waals surface area contributed by atoms with Gasteiger partial charge in [-0.25, -0.2) is 0 Å². The predicted molar refractivity (Wildman–Crippen MR) is 86.4 cm³/mol. The van der Waals surface area contributed by atoms with E-state index in [2.05, 4.69) is 5.32 Å². The summed E-state index contributed by atoms with van der Waals surface area (Å²) in [5.41, 5.74) is 2.27. The van der Waals surface area contributed by atoms with Gasteiger partial charge in [0.15, 0.2) is 6.54 Å². The fraction of sp³-hybridized carbons (Fsp3) is 0.176. The van der Waals surface area contributed by atoms with Crippen LogP contribution in [-0.2, 0) is 4.79 Å². The monoisotopic (exact) mass is 314 g/mol. The normalized spacial score (nSPS) is 11.5. The lowest BCUT2D eigenvalue weighted by Crippen LogP contribution is -2.86. The van der Waals surface area contributed by atoms with Gasteiger partial charge in [0.1, 0.15) is 6.04 Å². The topological polar surface area (TPSA) is 69.5 Å². The zero-order valence-electron chi connectivity index (χ0n) is 12.2. The van der Waals surface area contributed by atoms with E-state index in [1.807, 2.05) is 42.6 Å². The van der Waals surface area contributed by atoms with Crippen molar-refractivity contribution in [1.82, 2.24) is 0 Å². The standard InChI is InChI=1S/C17H16ClN3O/c1-12(14-5-7-15(18)8-6-14)20-11-17(22)21-16-4-2-3-13(9-16)10-19/h2-9,12,20H,11H2,1H3,(H,21,22)/p+1/t12-/m0/s1. The second-order valence-electron chi connectivity index (χ2n) is 5.02. The molecule has 1 atom stereocenters. The number of carbonyl (C=O) groups is 1. The molecule has 2 aromatic carbocycles. The van der Waals surface area contributed by atoms with Gasteiger partial charge in [0.05, 0.1) is 11.6 Å². The number of carbonyl (C=O) groups excluding carboxylic acids is 1. The van der Waals surface area contributed by atoms with Crippen molar-refractivity contribution in [3.05, 3.63) is 64.7 Å². The van der Waals surface area contributed by atoms with Crippen molar-refractivity contribution in [1.29, 1.82) is 5.26 Å². The van der Waals surface area contributed by atoms with Crippen LogP contribution in [0.5, 0.6) is 0 Å². The number of amides is 1. The molecule has 1 amide bonds. The Balaban J connectivity index is 1.87. The number of quaternary nitrogens is 1. The first-order chi connectivity index (χ1) is 10.6. The number of nitrogens with zero attached hydrogens (tertiary/aromatic N) is 1. The molecule has 0 bridgehead atoms. The SMILES string of the molecule is C[C@H]([NH2+]CC(=O)Nc1cccc(C#N)c1)c1ccc(Cl)cc1. The van der Waals surface area contributed by atoms with E-state index < -0.39 is 0 Å². The maximum atomic E-state index is 12.0. The summed E-state index contributed by atoms with van der Waals surface area (Å²) in [7, 11) is 0. The number of benzene rings is 2. The number of nitriles is 1. The van der Waals surface area contributed by atoms with Crippen LogP contribution < -0.4 is 10.6 Å². The van der Waals surface area contributed by atoms with Crippen molar-refractivity contribution in [3.8, 4) is 6.07 Å². The molecule has 0 unspecified atom stereocenters. The minimum absolute atomic E-state index is 0.101. The highest BCUT2D eigenvalue weighted by atomic mass is 35.5. The molecule has 0 aliphatic carbocycles. The van der Waals surface area contributed by atoms with Crippen LogP contribution in [0, 0.1) is 11.3 Å². The molecule has 2 rings (SSSR count). The summed E-state index contributed by atoms with van der Waals surface area (Å²) in [5, 5.41) is 14.3. The number of hydrogen-bond acceptors (Lipinski definition) is 2. The van der Waals surface area contributed by atoms with Gasteiger partial charge in [-0.3, -0.25) is 4.79 Å². The molecule has 0 radical (unpaired) electrons. The smallest absolute Gasteiger partial charge is 0.279 e. The number of nitrogens with one attached hydrogen (secondary N) is 1. The van der Waals surface area contributed by atoms with E-state index in [1.54, 1.807) is 24.3 Å². The van der Waals surface area contributed by atoms with Gasteiger partial charge in [-0.15, -0.1) is 0 Å². The minimum atomic E-state index is -0.101. The highest BCUT2D eigenvalue weighted by Crippen LogP contribution is 2.13. The summed E-state index contributed by atoms with van der Waals surface area (Å²) < 4.78 is 0. The number of nitrogens with two attached hydrogens (primary N) is 1. The van der Waals surface area contributed by atoms with Crippen molar-refractivity contribution in [2.75, 3.05) is 11.9 Å². The van der Waals surface area contributed by atoms with Gasteiger partial charge >= 0.3 is 0 Å². The molecule has 0 saturated heterocycles. The van der Waals surface area contributed by atoms with E-state index in [1.165, 1.54) is 0 Å². The van der Waals surface area contributed by atoms with Gasteiger partial charge in [0.25, 0.3) is 5.91 Å². The second-order valence-corrected chi connectivity index (χ2v) is 5.46. The van der Waals surface area contributed by atoms with Crippen LogP contribution in [0.15, 0.2) is 48.5 Å². The molecular formula is C17H17ClN3O+. The molecule has 0 fully saturated rings. The summed E-state index contributed by atoms with van der Waals surface area (Å²) in [6.45, 7) is 2.34. The molecule has 4 nitrogen and oxygen atoms in total. The first-order valence-electron chi connectivity index (χ1n) is 6.97. The number of hydrogen-bond donors (Lipinski definition) is 2. The van der Waals surface area contributed by atoms with Crippen molar-refractivity contribution in [2.24, 2.45) is 0 Å². The van der Waals surface area contributed by atoms with E-state index in [0.29, 0.717) is 22.8 Å². The van der Waals surface area contributed by atoms with Crippen molar-refractivity contribution < 1.29 is 10.1 Å². The Kier molecular flexibility index (Phi) is 5.54. The van der Waals surface area contributed by atoms with Crippen LogP contribution in [0.25, 0.3) is 0 Å². The summed E-state index contributed by atoms with van der Waals surface area (Å²) in [4.78, 5) is 12.0. The number of halogens is 1. The van der Waals surface area contributed by atoms with Crippen molar-refractivity contribution in [3.63, 3.8) is 0 Å². The first-order valence-corrected chi connectivity index (χ1v) is 7.35. The maximum absolute atomic E-state index is 12.0. The van der Waals surface area contributed by atoms with Crippen LogP contribution in [0.3, 0.4) is 0 Å². The van der Waals surface area contributed by atoms with E-state index >= 15 is 0 Å². The highest BCUT2D eigenvalue weighted by Gasteiger charge is 2.11. The van der Waals surface area contributed by atoms with E-state index in [4.69, 9.17) is 16.9 Å². The molecular weight excluding hydrogens is 298 g/mol. The van der Waals surface area contributed by atoms with Gasteiger partial charge < -0.3 is 10.6 Å². The van der Waals surface area contributed by atoms with Gasteiger partial charge in [0.2, 0.25) is 0 Å². The quantitative estimate of drug-likeness (QED) is 0.890. The van der Waals surface area contributed by atoms with E-state index in [0.717, 1.165) is 5.56 Å². The minimum Gasteiger partial charge on any atom is -0.333 e. The maximum Gasteiger partial charge on any atom is 0.279 e. The van der Waals surface area contributed by atoms with Gasteiger partial charge in [-0.05, 0) is 37.3 Å². The predicted octanol–water partition coefficient (Wildman–Crippen LogP) is 2.47.